The fourth-order valence-corrected chi connectivity index (χ4v) is 4.73. The lowest BCUT2D eigenvalue weighted by Gasteiger charge is -2.47. The lowest BCUT2D eigenvalue weighted by Crippen LogP contribution is -2.68. The number of hydrogen-bond donors (Lipinski definition) is 10. The molecule has 3 heterocycles. The highest BCUT2D eigenvalue weighted by molar-refractivity contribution is 5.73. The van der Waals surface area contributed by atoms with Crippen LogP contribution < -0.4 is 10.6 Å². The molecule has 0 spiro atoms. The summed E-state index contributed by atoms with van der Waals surface area (Å²) in [4.78, 5) is 23.3. The summed E-state index contributed by atoms with van der Waals surface area (Å²) in [6, 6.07) is -2.99. The van der Waals surface area contributed by atoms with Gasteiger partial charge in [0, 0.05) is 13.8 Å². The maximum absolute atomic E-state index is 14.8. The van der Waals surface area contributed by atoms with Crippen LogP contribution >= 0.6 is 0 Å². The minimum atomic E-state index is -2.12. The minimum Gasteiger partial charge on any atom is -0.394 e. The number of aliphatic hydroxyl groups excluding tert-OH is 8. The predicted molar refractivity (Wildman–Crippen MR) is 123 cm³/mol. The van der Waals surface area contributed by atoms with Crippen molar-refractivity contribution in [2.24, 2.45) is 0 Å². The molecule has 0 aromatic rings. The summed E-state index contributed by atoms with van der Waals surface area (Å²) < 4.78 is 42.0. The molecule has 3 saturated heterocycles. The second kappa shape index (κ2) is 14.0. The van der Waals surface area contributed by atoms with Crippen molar-refractivity contribution in [1.29, 1.82) is 0 Å². The van der Waals surface area contributed by atoms with E-state index >= 15 is 0 Å². The van der Waals surface area contributed by atoms with Gasteiger partial charge in [-0.3, -0.25) is 9.59 Å². The van der Waals surface area contributed by atoms with Crippen LogP contribution in [0.4, 0.5) is 4.39 Å². The molecule has 3 aliphatic heterocycles. The van der Waals surface area contributed by atoms with Gasteiger partial charge in [-0.25, -0.2) is 4.39 Å². The Morgan fingerprint density at radius 2 is 1.27 bits per heavy atom. The van der Waals surface area contributed by atoms with Gasteiger partial charge >= 0.3 is 0 Å². The third-order valence-corrected chi connectivity index (χ3v) is 6.83. The number of carbonyl (C=O) groups is 2. The van der Waals surface area contributed by atoms with Crippen molar-refractivity contribution in [3.05, 3.63) is 0 Å². The standard InChI is InChI=1S/C22H37FN2O15/c1-6(28)24-12-11(23)14(30)8(3-26)38-21(12)36-5-10-16(32)19(13(20(35)37-10)25-7(2)29)40-22-18(34)17(33)15(31)9(4-27)39-22/h8-22,26-27,30-35H,3-5H2,1-2H3,(H,24,28)(H,25,29)/t8-,9-,10-,11-,12-,13-,14-,15+,16+,17+,18-,19-,20+,21-,22+/m1/s1. The van der Waals surface area contributed by atoms with Crippen molar-refractivity contribution < 1.29 is 78.5 Å². The van der Waals surface area contributed by atoms with Crippen LogP contribution in [0.25, 0.3) is 0 Å². The first-order valence-corrected chi connectivity index (χ1v) is 12.5. The maximum atomic E-state index is 14.8. The summed E-state index contributed by atoms with van der Waals surface area (Å²) >= 11 is 0. The van der Waals surface area contributed by atoms with E-state index in [1.807, 2.05) is 0 Å². The first-order valence-electron chi connectivity index (χ1n) is 12.5. The third kappa shape index (κ3) is 7.21. The molecule has 0 saturated carbocycles. The van der Waals surface area contributed by atoms with E-state index in [9.17, 15) is 54.8 Å². The highest BCUT2D eigenvalue weighted by Gasteiger charge is 2.52. The minimum absolute atomic E-state index is 0.652. The number of aliphatic hydroxyl groups is 8. The van der Waals surface area contributed by atoms with Crippen molar-refractivity contribution in [3.8, 4) is 0 Å². The zero-order valence-electron chi connectivity index (χ0n) is 21.6. The van der Waals surface area contributed by atoms with Crippen molar-refractivity contribution in [2.45, 2.75) is 106 Å². The zero-order chi connectivity index (χ0) is 29.9. The van der Waals surface area contributed by atoms with E-state index in [0.717, 1.165) is 13.8 Å². The highest BCUT2D eigenvalue weighted by atomic mass is 19.1. The summed E-state index contributed by atoms with van der Waals surface area (Å²) in [6.07, 6.45) is -22.2. The number of nitrogens with one attached hydrogen (secondary N) is 2. The molecule has 0 aliphatic carbocycles. The van der Waals surface area contributed by atoms with E-state index in [0.29, 0.717) is 0 Å². The van der Waals surface area contributed by atoms with Crippen LogP contribution in [0.3, 0.4) is 0 Å². The van der Waals surface area contributed by atoms with Crippen molar-refractivity contribution in [2.75, 3.05) is 19.8 Å². The number of amides is 2. The van der Waals surface area contributed by atoms with Gasteiger partial charge in [0.2, 0.25) is 11.8 Å². The SMILES string of the molecule is CC(=O)N[C@@H]1[C@@H](O[C@@H]2O[C@H](CO)[C@H](O)[C@H](O)[C@H]2O)[C@@H](O)[C@@H](CO[C@@H]2O[C@H](CO)[C@@H](O)[C@H](F)[C@H]2NC(C)=O)O[C@@H]1O. The monoisotopic (exact) mass is 588 g/mol. The van der Waals surface area contributed by atoms with Crippen LogP contribution in [0.15, 0.2) is 0 Å². The van der Waals surface area contributed by atoms with Crippen LogP contribution in [-0.4, -0.2) is 165 Å². The van der Waals surface area contributed by atoms with E-state index in [1.54, 1.807) is 0 Å². The normalized spacial score (nSPS) is 46.0. The smallest absolute Gasteiger partial charge is 0.217 e. The average Bonchev–Trinajstić information content (AvgIpc) is 2.90. The van der Waals surface area contributed by atoms with Gasteiger partial charge in [0.15, 0.2) is 25.0 Å². The molecule has 2 amide bonds. The molecule has 40 heavy (non-hydrogen) atoms. The molecule has 15 atom stereocenters. The van der Waals surface area contributed by atoms with E-state index in [4.69, 9.17) is 23.7 Å². The summed E-state index contributed by atoms with van der Waals surface area (Å²) in [6.45, 7) is -0.0293. The maximum Gasteiger partial charge on any atom is 0.217 e. The molecule has 0 aromatic heterocycles. The van der Waals surface area contributed by atoms with Crippen LogP contribution in [-0.2, 0) is 33.3 Å². The number of rotatable bonds is 9. The Balaban J connectivity index is 1.78. The number of carbonyl (C=O) groups excluding carboxylic acids is 2. The van der Waals surface area contributed by atoms with Gasteiger partial charge in [0.25, 0.3) is 0 Å². The Hall–Kier alpha value is -1.65. The van der Waals surface area contributed by atoms with Crippen LogP contribution in [0.1, 0.15) is 13.8 Å². The summed E-state index contributed by atoms with van der Waals surface area (Å²) in [5, 5.41) is 85.5. The number of halogens is 1. The zero-order valence-corrected chi connectivity index (χ0v) is 21.6. The van der Waals surface area contributed by atoms with Gasteiger partial charge in [0.1, 0.15) is 67.0 Å². The second-order valence-corrected chi connectivity index (χ2v) is 9.80. The van der Waals surface area contributed by atoms with E-state index in [2.05, 4.69) is 10.6 Å². The van der Waals surface area contributed by atoms with Gasteiger partial charge in [-0.15, -0.1) is 0 Å². The fourth-order valence-electron chi connectivity index (χ4n) is 4.73. The van der Waals surface area contributed by atoms with Crippen LogP contribution in [0.2, 0.25) is 0 Å². The molecule has 0 bridgehead atoms. The number of ether oxygens (including phenoxy) is 5. The lowest BCUT2D eigenvalue weighted by molar-refractivity contribution is -0.345. The third-order valence-electron chi connectivity index (χ3n) is 6.83. The summed E-state index contributed by atoms with van der Waals surface area (Å²) in [5.74, 6) is -1.36. The summed E-state index contributed by atoms with van der Waals surface area (Å²) in [7, 11) is 0. The number of alkyl halides is 1. The van der Waals surface area contributed by atoms with Gasteiger partial charge in [-0.2, -0.15) is 0 Å². The first-order chi connectivity index (χ1) is 18.8. The molecular formula is C22H37FN2O15. The van der Waals surface area contributed by atoms with Crippen molar-refractivity contribution >= 4 is 11.8 Å². The van der Waals surface area contributed by atoms with Crippen LogP contribution in [0, 0.1) is 0 Å². The molecule has 0 radical (unpaired) electrons. The molecule has 232 valence electrons. The molecule has 17 nitrogen and oxygen atoms in total. The quantitative estimate of drug-likeness (QED) is 0.120. The highest BCUT2D eigenvalue weighted by Crippen LogP contribution is 2.30. The summed E-state index contributed by atoms with van der Waals surface area (Å²) in [5.41, 5.74) is 0. The average molecular weight is 589 g/mol. The molecular weight excluding hydrogens is 551 g/mol. The Morgan fingerprint density at radius 3 is 1.85 bits per heavy atom. The predicted octanol–water partition coefficient (Wildman–Crippen LogP) is -6.31. The molecule has 0 unspecified atom stereocenters. The fraction of sp³-hybridized carbons (Fsp3) is 0.909. The Morgan fingerprint density at radius 1 is 0.725 bits per heavy atom. The molecule has 0 aromatic carbocycles. The molecule has 10 N–H and O–H groups in total. The molecule has 3 aliphatic rings. The van der Waals surface area contributed by atoms with Gasteiger partial charge in [0.05, 0.1) is 19.8 Å². The van der Waals surface area contributed by atoms with E-state index in [-0.39, 0.29) is 0 Å². The topological polar surface area (TPSA) is 266 Å². The Labute approximate surface area is 227 Å². The molecule has 3 rings (SSSR count). The van der Waals surface area contributed by atoms with E-state index < -0.39 is 124 Å². The Bertz CT molecular complexity index is 857. The van der Waals surface area contributed by atoms with Crippen LogP contribution in [0.5, 0.6) is 0 Å². The lowest BCUT2D eigenvalue weighted by atomic mass is 9.95. The second-order valence-electron chi connectivity index (χ2n) is 9.80. The first kappa shape index (κ1) is 32.9. The van der Waals surface area contributed by atoms with Gasteiger partial charge in [-0.05, 0) is 0 Å². The van der Waals surface area contributed by atoms with Crippen molar-refractivity contribution in [1.82, 2.24) is 10.6 Å². The van der Waals surface area contributed by atoms with E-state index in [1.165, 1.54) is 0 Å². The number of hydrogen-bond acceptors (Lipinski definition) is 15. The Kier molecular flexibility index (Phi) is 11.5. The molecule has 3 fully saturated rings. The van der Waals surface area contributed by atoms with Gasteiger partial charge < -0.3 is 75.2 Å². The largest absolute Gasteiger partial charge is 0.394 e. The van der Waals surface area contributed by atoms with Crippen molar-refractivity contribution in [3.63, 3.8) is 0 Å². The molecule has 18 heteroatoms. The van der Waals surface area contributed by atoms with Gasteiger partial charge in [-0.1, -0.05) is 0 Å².